The number of carboxylic acids is 1. The van der Waals surface area contributed by atoms with Crippen molar-refractivity contribution in [3.63, 3.8) is 0 Å². The van der Waals surface area contributed by atoms with Gasteiger partial charge in [-0.1, -0.05) is 0 Å². The van der Waals surface area contributed by atoms with E-state index in [1.54, 1.807) is 0 Å². The van der Waals surface area contributed by atoms with Gasteiger partial charge in [-0.25, -0.2) is 4.79 Å². The van der Waals surface area contributed by atoms with Gasteiger partial charge in [0.1, 0.15) is 12.3 Å². The van der Waals surface area contributed by atoms with E-state index in [0.29, 0.717) is 5.69 Å². The third kappa shape index (κ3) is 4.93. The number of carboxylic acid groups (broad SMARTS) is 1. The first-order valence-electron chi connectivity index (χ1n) is 6.28. The lowest BCUT2D eigenvalue weighted by Crippen LogP contribution is -2.47. The van der Waals surface area contributed by atoms with Crippen molar-refractivity contribution < 1.29 is 30.0 Å². The molecule has 8 heteroatoms. The van der Waals surface area contributed by atoms with E-state index in [1.807, 2.05) is 0 Å². The number of carbonyl (C=O) groups excluding carboxylic acids is 1. The number of phenolic OH excluding ortho intramolecular Hbond substituents is 1. The molecule has 1 rings (SSSR count). The second-order valence-corrected chi connectivity index (χ2v) is 4.21. The number of urea groups is 1. The smallest absolute Gasteiger partial charge is 0.325 e. The lowest BCUT2D eigenvalue weighted by atomic mass is 10.2. The number of benzene rings is 1. The van der Waals surface area contributed by atoms with Crippen LogP contribution in [0.15, 0.2) is 24.3 Å². The first-order chi connectivity index (χ1) is 9.99. The Kier molecular flexibility index (Phi) is 6.44. The number of rotatable bonds is 7. The molecule has 0 bridgehead atoms. The summed E-state index contributed by atoms with van der Waals surface area (Å²) in [7, 11) is 0. The van der Waals surface area contributed by atoms with Crippen LogP contribution in [0.5, 0.6) is 5.75 Å². The minimum Gasteiger partial charge on any atom is -0.508 e. The van der Waals surface area contributed by atoms with Crippen LogP contribution in [0.2, 0.25) is 0 Å². The van der Waals surface area contributed by atoms with Crippen LogP contribution in [0.25, 0.3) is 0 Å². The predicted molar refractivity (Wildman–Crippen MR) is 74.2 cm³/mol. The third-order valence-corrected chi connectivity index (χ3v) is 2.70. The Balaban J connectivity index is 3.02. The van der Waals surface area contributed by atoms with Crippen molar-refractivity contribution in [3.8, 4) is 5.75 Å². The standard InChI is InChI=1S/C13H18N2O6/c16-7-5-14(6-8-17)13(21)15(9-12(19)20)10-1-3-11(18)4-2-10/h1-4,16-18H,5-9H2,(H,19,20). The van der Waals surface area contributed by atoms with E-state index in [0.717, 1.165) is 9.80 Å². The molecule has 1 aromatic rings. The zero-order valence-corrected chi connectivity index (χ0v) is 11.3. The second kappa shape index (κ2) is 8.08. The Hall–Kier alpha value is -2.32. The molecule has 0 aliphatic carbocycles. The van der Waals surface area contributed by atoms with Gasteiger partial charge in [0.15, 0.2) is 0 Å². The molecule has 116 valence electrons. The van der Waals surface area contributed by atoms with Crippen LogP contribution in [0, 0.1) is 0 Å². The maximum atomic E-state index is 12.3. The normalized spacial score (nSPS) is 10.2. The van der Waals surface area contributed by atoms with Crippen LogP contribution < -0.4 is 4.90 Å². The fourth-order valence-electron chi connectivity index (χ4n) is 1.75. The third-order valence-electron chi connectivity index (χ3n) is 2.70. The zero-order chi connectivity index (χ0) is 15.8. The molecule has 0 saturated heterocycles. The summed E-state index contributed by atoms with van der Waals surface area (Å²) in [5.41, 5.74) is 0.293. The molecular formula is C13H18N2O6. The summed E-state index contributed by atoms with van der Waals surface area (Å²) in [4.78, 5) is 25.4. The molecule has 0 fully saturated rings. The van der Waals surface area contributed by atoms with E-state index in [-0.39, 0.29) is 32.1 Å². The number of amides is 2. The first kappa shape index (κ1) is 16.7. The van der Waals surface area contributed by atoms with Crippen LogP contribution in [-0.2, 0) is 4.79 Å². The molecule has 0 atom stereocenters. The number of aliphatic hydroxyl groups excluding tert-OH is 2. The van der Waals surface area contributed by atoms with Crippen molar-refractivity contribution in [2.75, 3.05) is 37.7 Å². The lowest BCUT2D eigenvalue weighted by molar-refractivity contribution is -0.135. The van der Waals surface area contributed by atoms with Crippen molar-refractivity contribution in [2.45, 2.75) is 0 Å². The highest BCUT2D eigenvalue weighted by Gasteiger charge is 2.24. The average molecular weight is 298 g/mol. The number of aliphatic hydroxyl groups is 2. The van der Waals surface area contributed by atoms with Gasteiger partial charge in [-0.15, -0.1) is 0 Å². The van der Waals surface area contributed by atoms with Gasteiger partial charge in [0, 0.05) is 18.8 Å². The maximum Gasteiger partial charge on any atom is 0.325 e. The lowest BCUT2D eigenvalue weighted by Gasteiger charge is -2.29. The molecule has 4 N–H and O–H groups in total. The summed E-state index contributed by atoms with van der Waals surface area (Å²) in [6, 6.07) is 4.84. The van der Waals surface area contributed by atoms with Gasteiger partial charge in [-0.2, -0.15) is 0 Å². The van der Waals surface area contributed by atoms with Gasteiger partial charge in [0.2, 0.25) is 0 Å². The Bertz CT molecular complexity index is 470. The molecule has 0 aromatic heterocycles. The van der Waals surface area contributed by atoms with Crippen LogP contribution in [0.4, 0.5) is 10.5 Å². The van der Waals surface area contributed by atoms with E-state index in [4.69, 9.17) is 15.3 Å². The van der Waals surface area contributed by atoms with Gasteiger partial charge in [-0.05, 0) is 24.3 Å². The Morgan fingerprint density at radius 2 is 1.52 bits per heavy atom. The van der Waals surface area contributed by atoms with Crippen molar-refractivity contribution in [3.05, 3.63) is 24.3 Å². The number of nitrogens with zero attached hydrogens (tertiary/aromatic N) is 2. The minimum absolute atomic E-state index is 0.0101. The predicted octanol–water partition coefficient (Wildman–Crippen LogP) is -0.310. The Morgan fingerprint density at radius 1 is 1.00 bits per heavy atom. The van der Waals surface area contributed by atoms with Gasteiger partial charge in [0.25, 0.3) is 0 Å². The van der Waals surface area contributed by atoms with Gasteiger partial charge in [-0.3, -0.25) is 9.69 Å². The highest BCUT2D eigenvalue weighted by atomic mass is 16.4. The molecule has 2 amide bonds. The summed E-state index contributed by atoms with van der Waals surface area (Å²) in [5, 5.41) is 36.0. The van der Waals surface area contributed by atoms with E-state index in [1.165, 1.54) is 24.3 Å². The molecule has 0 aliphatic heterocycles. The summed E-state index contributed by atoms with van der Waals surface area (Å²) >= 11 is 0. The molecule has 0 spiro atoms. The van der Waals surface area contributed by atoms with Crippen molar-refractivity contribution in [1.82, 2.24) is 4.90 Å². The molecule has 0 radical (unpaired) electrons. The molecule has 0 saturated carbocycles. The molecular weight excluding hydrogens is 280 g/mol. The van der Waals surface area contributed by atoms with Crippen LogP contribution in [0.1, 0.15) is 0 Å². The highest BCUT2D eigenvalue weighted by molar-refractivity contribution is 5.96. The van der Waals surface area contributed by atoms with Crippen LogP contribution in [0.3, 0.4) is 0 Å². The molecule has 21 heavy (non-hydrogen) atoms. The molecule has 0 aliphatic rings. The van der Waals surface area contributed by atoms with Crippen molar-refractivity contribution in [1.29, 1.82) is 0 Å². The van der Waals surface area contributed by atoms with E-state index in [9.17, 15) is 14.7 Å². The Labute approximate surface area is 121 Å². The average Bonchev–Trinajstić information content (AvgIpc) is 2.45. The zero-order valence-electron chi connectivity index (χ0n) is 11.3. The van der Waals surface area contributed by atoms with E-state index >= 15 is 0 Å². The minimum atomic E-state index is -1.20. The second-order valence-electron chi connectivity index (χ2n) is 4.21. The van der Waals surface area contributed by atoms with Gasteiger partial charge < -0.3 is 25.3 Å². The maximum absolute atomic E-state index is 12.3. The van der Waals surface area contributed by atoms with Gasteiger partial charge in [0.05, 0.1) is 13.2 Å². The number of aliphatic carboxylic acids is 1. The molecule has 0 unspecified atom stereocenters. The molecule has 8 nitrogen and oxygen atoms in total. The van der Waals surface area contributed by atoms with Crippen LogP contribution in [-0.4, -0.2) is 70.2 Å². The van der Waals surface area contributed by atoms with Gasteiger partial charge >= 0.3 is 12.0 Å². The number of hydrogen-bond donors (Lipinski definition) is 4. The number of anilines is 1. The van der Waals surface area contributed by atoms with Crippen molar-refractivity contribution >= 4 is 17.7 Å². The largest absolute Gasteiger partial charge is 0.508 e. The van der Waals surface area contributed by atoms with Crippen LogP contribution >= 0.6 is 0 Å². The fourth-order valence-corrected chi connectivity index (χ4v) is 1.75. The number of aromatic hydroxyl groups is 1. The molecule has 0 heterocycles. The number of carbonyl (C=O) groups is 2. The summed E-state index contributed by atoms with van der Waals surface area (Å²) in [5.74, 6) is -1.21. The fraction of sp³-hybridized carbons (Fsp3) is 0.385. The van der Waals surface area contributed by atoms with E-state index < -0.39 is 18.5 Å². The topological polar surface area (TPSA) is 122 Å². The summed E-state index contributed by atoms with van der Waals surface area (Å²) in [6.45, 7) is -1.22. The highest BCUT2D eigenvalue weighted by Crippen LogP contribution is 2.19. The number of hydrogen-bond acceptors (Lipinski definition) is 5. The quantitative estimate of drug-likeness (QED) is 0.548. The first-order valence-corrected chi connectivity index (χ1v) is 6.28. The Morgan fingerprint density at radius 3 is 1.95 bits per heavy atom. The number of phenols is 1. The van der Waals surface area contributed by atoms with E-state index in [2.05, 4.69) is 0 Å². The van der Waals surface area contributed by atoms with Crippen molar-refractivity contribution in [2.24, 2.45) is 0 Å². The summed E-state index contributed by atoms with van der Waals surface area (Å²) < 4.78 is 0. The molecule has 1 aromatic carbocycles. The monoisotopic (exact) mass is 298 g/mol. The summed E-state index contributed by atoms with van der Waals surface area (Å²) in [6.07, 6.45) is 0. The SMILES string of the molecule is O=C(O)CN(C(=O)N(CCO)CCO)c1ccc(O)cc1.